The van der Waals surface area contributed by atoms with Gasteiger partial charge in [0.2, 0.25) is 5.91 Å². The minimum absolute atomic E-state index is 0.0247. The van der Waals surface area contributed by atoms with E-state index in [4.69, 9.17) is 4.74 Å². The number of benzene rings is 3. The lowest BCUT2D eigenvalue weighted by molar-refractivity contribution is -0.148. The predicted octanol–water partition coefficient (Wildman–Crippen LogP) is 2.85. The summed E-state index contributed by atoms with van der Waals surface area (Å²) < 4.78 is 19.0. The number of rotatable bonds is 12. The van der Waals surface area contributed by atoms with Gasteiger partial charge in [-0.05, 0) is 55.3 Å². The van der Waals surface area contributed by atoms with Gasteiger partial charge in [-0.15, -0.1) is 0 Å². The largest absolute Gasteiger partial charge is 0.488 e. The monoisotopic (exact) mass is 561 g/mol. The van der Waals surface area contributed by atoms with Crippen LogP contribution in [0.3, 0.4) is 0 Å². The van der Waals surface area contributed by atoms with Gasteiger partial charge in [0.15, 0.2) is 5.78 Å². The maximum absolute atomic E-state index is 13.3. The molecule has 0 radical (unpaired) electrons. The Morgan fingerprint density at radius 3 is 2.24 bits per heavy atom. The van der Waals surface area contributed by atoms with Crippen LogP contribution in [0, 0.1) is 5.82 Å². The molecule has 0 aromatic heterocycles. The van der Waals surface area contributed by atoms with E-state index in [9.17, 15) is 28.7 Å². The van der Waals surface area contributed by atoms with Crippen LogP contribution >= 0.6 is 0 Å². The Labute approximate surface area is 237 Å². The normalized spacial score (nSPS) is 17.9. The number of aliphatic carboxylic acids is 1. The van der Waals surface area contributed by atoms with Crippen LogP contribution in [0.4, 0.5) is 4.39 Å². The lowest BCUT2D eigenvalue weighted by Gasteiger charge is -2.26. The van der Waals surface area contributed by atoms with E-state index in [2.05, 4.69) is 10.6 Å². The Morgan fingerprint density at radius 2 is 1.61 bits per heavy atom. The average Bonchev–Trinajstić information content (AvgIpc) is 3.41. The van der Waals surface area contributed by atoms with Crippen molar-refractivity contribution in [3.8, 4) is 5.75 Å². The van der Waals surface area contributed by atoms with Gasteiger partial charge in [0.05, 0.1) is 25.2 Å². The number of hydrogen-bond acceptors (Lipinski definition) is 6. The molecule has 1 aliphatic rings. The van der Waals surface area contributed by atoms with Gasteiger partial charge < -0.3 is 20.1 Å². The zero-order valence-electron chi connectivity index (χ0n) is 22.5. The van der Waals surface area contributed by atoms with Crippen molar-refractivity contribution in [2.45, 2.75) is 44.0 Å². The van der Waals surface area contributed by atoms with E-state index in [0.717, 1.165) is 5.56 Å². The number of Topliss-reactive ketones (excluding diaryl/α,β-unsaturated/α-hetero) is 1. The minimum atomic E-state index is -1.17. The van der Waals surface area contributed by atoms with Crippen LogP contribution in [-0.2, 0) is 20.8 Å². The number of ether oxygens (including phenoxy) is 1. The van der Waals surface area contributed by atoms with Gasteiger partial charge in [-0.3, -0.25) is 19.7 Å². The summed E-state index contributed by atoms with van der Waals surface area (Å²) in [6.07, 6.45) is -0.269. The van der Waals surface area contributed by atoms with E-state index in [1.54, 1.807) is 37.3 Å². The van der Waals surface area contributed by atoms with Crippen LogP contribution < -0.4 is 15.4 Å². The number of ketones is 1. The molecule has 3 aromatic carbocycles. The summed E-state index contributed by atoms with van der Waals surface area (Å²) in [7, 11) is 0. The van der Waals surface area contributed by atoms with Crippen LogP contribution in [0.2, 0.25) is 0 Å². The Bertz CT molecular complexity index is 1350. The van der Waals surface area contributed by atoms with E-state index < -0.39 is 47.8 Å². The number of carbonyl (C=O) groups excluding carboxylic acids is 3. The number of nitrogens with one attached hydrogen (secondary N) is 2. The van der Waals surface area contributed by atoms with E-state index in [0.29, 0.717) is 11.3 Å². The number of hydrogen-bond donors (Lipinski definition) is 3. The molecule has 10 heteroatoms. The molecule has 0 spiro atoms. The molecule has 4 atom stereocenters. The van der Waals surface area contributed by atoms with Crippen LogP contribution in [0.25, 0.3) is 0 Å². The Balaban J connectivity index is 1.38. The van der Waals surface area contributed by atoms with Crippen molar-refractivity contribution in [1.82, 2.24) is 15.5 Å². The third kappa shape index (κ3) is 7.98. The molecule has 41 heavy (non-hydrogen) atoms. The first-order chi connectivity index (χ1) is 19.7. The number of amides is 2. The van der Waals surface area contributed by atoms with Crippen molar-refractivity contribution < 1.29 is 33.4 Å². The standard InChI is InChI=1S/C31H32FN3O6/c1-20(30(38)35-19-25(17-27(35)31(39)40)41-24-14-12-23(32)13-15-24)33-18-28(36)26(16-21-8-4-2-5-9-21)34-29(37)22-10-6-3-7-11-22/h2-15,20,25-27,33H,16-19H2,1H3,(H,34,37)(H,39,40)/t20-,25-,26-,27-/m0/s1. The zero-order chi connectivity index (χ0) is 29.4. The van der Waals surface area contributed by atoms with E-state index in [1.807, 2.05) is 30.3 Å². The van der Waals surface area contributed by atoms with Crippen LogP contribution in [0.1, 0.15) is 29.3 Å². The molecule has 1 heterocycles. The number of carboxylic acid groups (broad SMARTS) is 1. The Hall–Kier alpha value is -4.57. The number of likely N-dealkylation sites (tertiary alicyclic amines) is 1. The van der Waals surface area contributed by atoms with Gasteiger partial charge in [0, 0.05) is 12.0 Å². The van der Waals surface area contributed by atoms with E-state index >= 15 is 0 Å². The average molecular weight is 562 g/mol. The summed E-state index contributed by atoms with van der Waals surface area (Å²) in [5.41, 5.74) is 1.28. The fraction of sp³-hybridized carbons (Fsp3) is 0.290. The van der Waals surface area contributed by atoms with Gasteiger partial charge in [-0.1, -0.05) is 48.5 Å². The van der Waals surface area contributed by atoms with Crippen LogP contribution in [0.5, 0.6) is 5.75 Å². The highest BCUT2D eigenvalue weighted by Crippen LogP contribution is 2.24. The van der Waals surface area contributed by atoms with Crippen molar-refractivity contribution in [3.63, 3.8) is 0 Å². The second-order valence-electron chi connectivity index (χ2n) is 9.92. The summed E-state index contributed by atoms with van der Waals surface area (Å²) in [5.74, 6) is -2.44. The summed E-state index contributed by atoms with van der Waals surface area (Å²) in [5, 5.41) is 15.4. The van der Waals surface area contributed by atoms with E-state index in [1.165, 1.54) is 29.2 Å². The van der Waals surface area contributed by atoms with Gasteiger partial charge >= 0.3 is 5.97 Å². The van der Waals surface area contributed by atoms with Crippen molar-refractivity contribution in [2.24, 2.45) is 0 Å². The molecule has 3 aromatic rings. The third-order valence-corrected chi connectivity index (χ3v) is 6.91. The highest BCUT2D eigenvalue weighted by Gasteiger charge is 2.42. The number of carboxylic acids is 1. The van der Waals surface area contributed by atoms with Crippen molar-refractivity contribution >= 4 is 23.6 Å². The van der Waals surface area contributed by atoms with Gasteiger partial charge in [-0.25, -0.2) is 9.18 Å². The summed E-state index contributed by atoms with van der Waals surface area (Å²) in [4.78, 5) is 52.5. The molecule has 0 unspecified atom stereocenters. The Morgan fingerprint density at radius 1 is 0.976 bits per heavy atom. The molecule has 0 aliphatic carbocycles. The van der Waals surface area contributed by atoms with Crippen LogP contribution in [-0.4, -0.2) is 70.9 Å². The quantitative estimate of drug-likeness (QED) is 0.311. The zero-order valence-corrected chi connectivity index (χ0v) is 22.5. The fourth-order valence-corrected chi connectivity index (χ4v) is 4.71. The second kappa shape index (κ2) is 13.7. The molecule has 9 nitrogen and oxygen atoms in total. The molecule has 1 fully saturated rings. The SMILES string of the molecule is C[C@H](NCC(=O)[C@H](Cc1ccccc1)NC(=O)c1ccccc1)C(=O)N1C[C@@H](Oc2ccc(F)cc2)C[C@H]1C(=O)O. The van der Waals surface area contributed by atoms with Gasteiger partial charge in [0.25, 0.3) is 5.91 Å². The first-order valence-electron chi connectivity index (χ1n) is 13.3. The topological polar surface area (TPSA) is 125 Å². The summed E-state index contributed by atoms with van der Waals surface area (Å²) >= 11 is 0. The van der Waals surface area contributed by atoms with Crippen molar-refractivity contribution in [1.29, 1.82) is 0 Å². The van der Waals surface area contributed by atoms with E-state index in [-0.39, 0.29) is 31.7 Å². The molecule has 0 saturated carbocycles. The Kier molecular flexibility index (Phi) is 9.81. The first-order valence-corrected chi connectivity index (χ1v) is 13.3. The first kappa shape index (κ1) is 29.4. The fourth-order valence-electron chi connectivity index (χ4n) is 4.71. The highest BCUT2D eigenvalue weighted by atomic mass is 19.1. The maximum atomic E-state index is 13.3. The molecule has 214 valence electrons. The van der Waals surface area contributed by atoms with Gasteiger partial charge in [-0.2, -0.15) is 0 Å². The summed E-state index contributed by atoms with van der Waals surface area (Å²) in [6.45, 7) is 1.36. The van der Waals surface area contributed by atoms with Crippen molar-refractivity contribution in [2.75, 3.05) is 13.1 Å². The number of nitrogens with zero attached hydrogens (tertiary/aromatic N) is 1. The number of halogens is 1. The highest BCUT2D eigenvalue weighted by molar-refractivity contribution is 5.98. The molecule has 3 N–H and O–H groups in total. The summed E-state index contributed by atoms with van der Waals surface area (Å²) in [6, 6.07) is 20.3. The second-order valence-corrected chi connectivity index (χ2v) is 9.92. The number of carbonyl (C=O) groups is 4. The molecule has 4 rings (SSSR count). The molecule has 1 aliphatic heterocycles. The lowest BCUT2D eigenvalue weighted by atomic mass is 10.0. The predicted molar refractivity (Wildman–Crippen MR) is 149 cm³/mol. The molecule has 2 amide bonds. The van der Waals surface area contributed by atoms with Crippen LogP contribution in [0.15, 0.2) is 84.9 Å². The molecule has 0 bridgehead atoms. The third-order valence-electron chi connectivity index (χ3n) is 6.91. The minimum Gasteiger partial charge on any atom is -0.488 e. The van der Waals surface area contributed by atoms with Gasteiger partial charge in [0.1, 0.15) is 23.7 Å². The molecule has 1 saturated heterocycles. The maximum Gasteiger partial charge on any atom is 0.326 e. The lowest BCUT2D eigenvalue weighted by Crippen LogP contribution is -2.52. The molecular weight excluding hydrogens is 529 g/mol. The molecular formula is C31H32FN3O6. The smallest absolute Gasteiger partial charge is 0.326 e. The van der Waals surface area contributed by atoms with Crippen molar-refractivity contribution in [3.05, 3.63) is 102 Å².